The predicted octanol–water partition coefficient (Wildman–Crippen LogP) is 13.0. The van der Waals surface area contributed by atoms with E-state index in [0.29, 0.717) is 17.5 Å². The second-order valence-corrected chi connectivity index (χ2v) is 15.4. The van der Waals surface area contributed by atoms with E-state index in [1.807, 2.05) is 23.9 Å². The fraction of sp³-hybridized carbons (Fsp3) is 0.0192. The van der Waals surface area contributed by atoms with Gasteiger partial charge in [0.25, 0.3) is 0 Å². The predicted molar refractivity (Wildman–Crippen MR) is 228 cm³/mol. The van der Waals surface area contributed by atoms with Crippen molar-refractivity contribution < 1.29 is 0 Å². The van der Waals surface area contributed by atoms with Gasteiger partial charge in [-0.05, 0) is 79.9 Å². The zero-order chi connectivity index (χ0) is 37.1. The Balaban J connectivity index is 1.11. The number of benzene rings is 8. The first-order valence-electron chi connectivity index (χ1n) is 18.9. The lowest BCUT2D eigenvalue weighted by Crippen LogP contribution is -2.31. The Kier molecular flexibility index (Phi) is 7.64. The molecule has 0 saturated heterocycles. The molecule has 0 fully saturated rings. The molecule has 0 atom stereocenters. The zero-order valence-corrected chi connectivity index (χ0v) is 31.1. The highest BCUT2D eigenvalue weighted by Gasteiger charge is 2.50. The smallest absolute Gasteiger partial charge is 0.164 e. The van der Waals surface area contributed by atoms with Crippen LogP contribution in [0.2, 0.25) is 0 Å². The van der Waals surface area contributed by atoms with Crippen LogP contribution in [0.4, 0.5) is 0 Å². The van der Waals surface area contributed by atoms with E-state index in [1.165, 1.54) is 43.2 Å². The third-order valence-corrected chi connectivity index (χ3v) is 12.3. The van der Waals surface area contributed by atoms with Crippen molar-refractivity contribution in [3.8, 4) is 67.5 Å². The monoisotopic (exact) mass is 731 g/mol. The Hall–Kier alpha value is -6.88. The summed E-state index contributed by atoms with van der Waals surface area (Å²) in [4.78, 5) is 18.1. The SMILES string of the molecule is c1ccc(-c2cccc(-c3nc(-c4cccc(-c5ccccc5)c4)nc(-c4ccc5c(c4)Sc4ccccc4C54c5ccccc5-c5ccccc54)n3)c2)cc1. The number of fused-ring (bicyclic) bond motifs is 9. The van der Waals surface area contributed by atoms with Gasteiger partial charge in [-0.25, -0.2) is 15.0 Å². The molecule has 0 radical (unpaired) electrons. The summed E-state index contributed by atoms with van der Waals surface area (Å²) < 4.78 is 0. The van der Waals surface area contributed by atoms with Crippen molar-refractivity contribution in [2.75, 3.05) is 0 Å². The third-order valence-electron chi connectivity index (χ3n) is 11.2. The molecule has 1 aliphatic heterocycles. The first-order chi connectivity index (χ1) is 27.7. The highest BCUT2D eigenvalue weighted by Crippen LogP contribution is 2.62. The van der Waals surface area contributed by atoms with Crippen LogP contribution in [0.25, 0.3) is 67.5 Å². The summed E-state index contributed by atoms with van der Waals surface area (Å²) in [6.07, 6.45) is 0. The summed E-state index contributed by atoms with van der Waals surface area (Å²) in [6.45, 7) is 0. The molecule has 2 heterocycles. The molecule has 0 bridgehead atoms. The lowest BCUT2D eigenvalue weighted by atomic mass is 9.67. The molecule has 4 heteroatoms. The van der Waals surface area contributed by atoms with Crippen LogP contribution in [0.15, 0.2) is 210 Å². The number of rotatable bonds is 5. The molecule has 1 aliphatic carbocycles. The molecule has 1 spiro atoms. The van der Waals surface area contributed by atoms with E-state index < -0.39 is 5.41 Å². The van der Waals surface area contributed by atoms with Crippen molar-refractivity contribution >= 4 is 11.8 Å². The molecule has 11 rings (SSSR count). The minimum absolute atomic E-state index is 0.436. The van der Waals surface area contributed by atoms with E-state index in [-0.39, 0.29) is 0 Å². The molecule has 2 aliphatic rings. The van der Waals surface area contributed by atoms with Crippen LogP contribution in [0.5, 0.6) is 0 Å². The lowest BCUT2D eigenvalue weighted by molar-refractivity contribution is 0.722. The Morgan fingerprint density at radius 2 is 0.696 bits per heavy atom. The van der Waals surface area contributed by atoms with Gasteiger partial charge in [-0.15, -0.1) is 0 Å². The van der Waals surface area contributed by atoms with E-state index in [0.717, 1.165) is 38.9 Å². The van der Waals surface area contributed by atoms with Gasteiger partial charge in [-0.1, -0.05) is 188 Å². The van der Waals surface area contributed by atoms with Crippen LogP contribution in [0.1, 0.15) is 22.3 Å². The minimum atomic E-state index is -0.436. The van der Waals surface area contributed by atoms with Crippen LogP contribution in [0.3, 0.4) is 0 Å². The molecule has 1 aromatic heterocycles. The first-order valence-corrected chi connectivity index (χ1v) is 19.8. The van der Waals surface area contributed by atoms with Gasteiger partial charge < -0.3 is 0 Å². The van der Waals surface area contributed by atoms with Gasteiger partial charge in [0.1, 0.15) is 0 Å². The van der Waals surface area contributed by atoms with Crippen LogP contribution >= 0.6 is 11.8 Å². The van der Waals surface area contributed by atoms with Gasteiger partial charge in [-0.2, -0.15) is 0 Å². The number of aromatic nitrogens is 3. The molecule has 0 unspecified atom stereocenters. The number of hydrogen-bond donors (Lipinski definition) is 0. The number of nitrogens with zero attached hydrogens (tertiary/aromatic N) is 3. The highest BCUT2D eigenvalue weighted by molar-refractivity contribution is 7.99. The molecular formula is C52H33N3S. The van der Waals surface area contributed by atoms with Crippen LogP contribution in [-0.4, -0.2) is 15.0 Å². The molecule has 0 amide bonds. The molecule has 0 N–H and O–H groups in total. The Labute approximate surface area is 330 Å². The maximum atomic E-state index is 5.24. The molecule has 56 heavy (non-hydrogen) atoms. The third kappa shape index (κ3) is 5.18. The summed E-state index contributed by atoms with van der Waals surface area (Å²) in [5.41, 5.74) is 14.8. The van der Waals surface area contributed by atoms with Gasteiger partial charge in [0.2, 0.25) is 0 Å². The summed E-state index contributed by atoms with van der Waals surface area (Å²) in [5, 5.41) is 0. The summed E-state index contributed by atoms with van der Waals surface area (Å²) in [7, 11) is 0. The topological polar surface area (TPSA) is 38.7 Å². The molecular weight excluding hydrogens is 699 g/mol. The highest BCUT2D eigenvalue weighted by atomic mass is 32.2. The van der Waals surface area contributed by atoms with Crippen molar-refractivity contribution in [3.05, 3.63) is 222 Å². The maximum absolute atomic E-state index is 5.24. The second kappa shape index (κ2) is 13.2. The van der Waals surface area contributed by atoms with E-state index >= 15 is 0 Å². The lowest BCUT2D eigenvalue weighted by Gasteiger charge is -2.39. The summed E-state index contributed by atoms with van der Waals surface area (Å²) >= 11 is 1.83. The van der Waals surface area contributed by atoms with Crippen molar-refractivity contribution in [2.45, 2.75) is 15.2 Å². The Morgan fingerprint density at radius 1 is 0.286 bits per heavy atom. The van der Waals surface area contributed by atoms with Gasteiger partial charge in [0.15, 0.2) is 17.5 Å². The van der Waals surface area contributed by atoms with Crippen molar-refractivity contribution in [1.29, 1.82) is 0 Å². The normalized spacial score (nSPS) is 13.1. The fourth-order valence-electron chi connectivity index (χ4n) is 8.70. The Morgan fingerprint density at radius 3 is 1.25 bits per heavy atom. The quantitative estimate of drug-likeness (QED) is 0.177. The zero-order valence-electron chi connectivity index (χ0n) is 30.3. The van der Waals surface area contributed by atoms with Crippen LogP contribution in [0, 0.1) is 0 Å². The van der Waals surface area contributed by atoms with Crippen molar-refractivity contribution in [1.82, 2.24) is 15.0 Å². The first kappa shape index (κ1) is 32.5. The molecule has 0 saturated carbocycles. The van der Waals surface area contributed by atoms with E-state index in [9.17, 15) is 0 Å². The molecule has 9 aromatic rings. The average molecular weight is 732 g/mol. The van der Waals surface area contributed by atoms with Crippen molar-refractivity contribution in [3.63, 3.8) is 0 Å². The van der Waals surface area contributed by atoms with E-state index in [4.69, 9.17) is 15.0 Å². The molecule has 3 nitrogen and oxygen atoms in total. The maximum Gasteiger partial charge on any atom is 0.164 e. The number of hydrogen-bond acceptors (Lipinski definition) is 4. The van der Waals surface area contributed by atoms with Crippen LogP contribution in [-0.2, 0) is 5.41 Å². The molecule has 262 valence electrons. The largest absolute Gasteiger partial charge is 0.208 e. The fourth-order valence-corrected chi connectivity index (χ4v) is 9.93. The van der Waals surface area contributed by atoms with Gasteiger partial charge in [0, 0.05) is 26.5 Å². The van der Waals surface area contributed by atoms with Crippen LogP contribution < -0.4 is 0 Å². The summed E-state index contributed by atoms with van der Waals surface area (Å²) in [6, 6.07) is 71.5. The van der Waals surface area contributed by atoms with E-state index in [2.05, 4.69) is 188 Å². The summed E-state index contributed by atoms with van der Waals surface area (Å²) in [5.74, 6) is 1.92. The van der Waals surface area contributed by atoms with Crippen molar-refractivity contribution in [2.24, 2.45) is 0 Å². The average Bonchev–Trinajstić information content (AvgIpc) is 3.57. The van der Waals surface area contributed by atoms with Gasteiger partial charge >= 0.3 is 0 Å². The Bertz CT molecular complexity index is 2810. The van der Waals surface area contributed by atoms with Gasteiger partial charge in [0.05, 0.1) is 5.41 Å². The van der Waals surface area contributed by atoms with E-state index in [1.54, 1.807) is 0 Å². The second-order valence-electron chi connectivity index (χ2n) is 14.4. The minimum Gasteiger partial charge on any atom is -0.208 e. The van der Waals surface area contributed by atoms with Gasteiger partial charge in [-0.3, -0.25) is 0 Å². The molecule has 8 aromatic carbocycles. The standard InChI is InChI=1S/C52H33N3S/c1-3-15-34(16-4-1)36-19-13-21-38(31-36)49-53-50(39-22-14-20-37(32-39)35-17-5-2-6-18-35)55-51(54-49)40-29-30-46-48(33-40)56-47-28-12-11-27-45(47)52(46)43-25-9-7-23-41(43)42-24-8-10-26-44(42)52/h1-33H.